The Morgan fingerprint density at radius 3 is 2.68 bits per heavy atom. The number of carbonyl (C=O) groups is 1. The van der Waals surface area contributed by atoms with Gasteiger partial charge in [-0.1, -0.05) is 20.8 Å². The lowest BCUT2D eigenvalue weighted by molar-refractivity contribution is 0.204. The second-order valence-electron chi connectivity index (χ2n) is 5.39. The Morgan fingerprint density at radius 1 is 1.42 bits per heavy atom. The zero-order chi connectivity index (χ0) is 14.4. The van der Waals surface area contributed by atoms with E-state index in [2.05, 4.69) is 29.6 Å². The average molecular weight is 268 g/mol. The molecule has 108 valence electrons. The molecule has 0 bridgehead atoms. The normalized spacial score (nSPS) is 14.2. The number of urea groups is 1. The van der Waals surface area contributed by atoms with Gasteiger partial charge in [0.1, 0.15) is 0 Å². The lowest BCUT2D eigenvalue weighted by atomic mass is 10.1. The van der Waals surface area contributed by atoms with Gasteiger partial charge < -0.3 is 15.7 Å². The Bertz CT molecular complexity index is 403. The quantitative estimate of drug-likeness (QED) is 0.734. The van der Waals surface area contributed by atoms with Crippen molar-refractivity contribution in [3.8, 4) is 0 Å². The number of anilines is 1. The van der Waals surface area contributed by atoms with E-state index >= 15 is 0 Å². The standard InChI is InChI=1S/C13H24N4O2/c1-9(2)6-17-7-12(5-14-17)16-13(19)15-11(4)10(3)8-18/h5,7,9-11,18H,6,8H2,1-4H3,(H2,15,16,19). The van der Waals surface area contributed by atoms with Crippen LogP contribution in [-0.2, 0) is 6.54 Å². The molecule has 1 aromatic heterocycles. The summed E-state index contributed by atoms with van der Waals surface area (Å²) in [6.45, 7) is 8.84. The molecule has 0 aliphatic rings. The van der Waals surface area contributed by atoms with E-state index in [1.165, 1.54) is 0 Å². The van der Waals surface area contributed by atoms with E-state index in [1.54, 1.807) is 17.1 Å². The fourth-order valence-electron chi connectivity index (χ4n) is 1.58. The van der Waals surface area contributed by atoms with E-state index in [1.807, 2.05) is 13.8 Å². The second kappa shape index (κ2) is 7.13. The van der Waals surface area contributed by atoms with Crippen molar-refractivity contribution >= 4 is 11.7 Å². The first-order valence-electron chi connectivity index (χ1n) is 6.63. The van der Waals surface area contributed by atoms with Crippen LogP contribution in [0.15, 0.2) is 12.4 Å². The number of nitrogens with zero attached hydrogens (tertiary/aromatic N) is 2. The number of carbonyl (C=O) groups excluding carboxylic acids is 1. The van der Waals surface area contributed by atoms with Gasteiger partial charge in [-0.05, 0) is 18.8 Å². The average Bonchev–Trinajstić information content (AvgIpc) is 2.73. The predicted molar refractivity (Wildman–Crippen MR) is 74.9 cm³/mol. The van der Waals surface area contributed by atoms with Crippen molar-refractivity contribution in [1.29, 1.82) is 0 Å². The predicted octanol–water partition coefficient (Wildman–Crippen LogP) is 1.68. The summed E-state index contributed by atoms with van der Waals surface area (Å²) < 4.78 is 1.81. The van der Waals surface area contributed by atoms with Crippen LogP contribution in [0.5, 0.6) is 0 Å². The lowest BCUT2D eigenvalue weighted by Crippen LogP contribution is -2.40. The smallest absolute Gasteiger partial charge is 0.319 e. The van der Waals surface area contributed by atoms with Gasteiger partial charge >= 0.3 is 6.03 Å². The highest BCUT2D eigenvalue weighted by atomic mass is 16.3. The van der Waals surface area contributed by atoms with Crippen LogP contribution in [-0.4, -0.2) is 33.6 Å². The topological polar surface area (TPSA) is 79.2 Å². The van der Waals surface area contributed by atoms with Crippen LogP contribution in [0.25, 0.3) is 0 Å². The maximum atomic E-state index is 11.7. The number of aliphatic hydroxyl groups is 1. The number of aliphatic hydroxyl groups excluding tert-OH is 1. The van der Waals surface area contributed by atoms with Gasteiger partial charge in [-0.15, -0.1) is 0 Å². The maximum Gasteiger partial charge on any atom is 0.319 e. The minimum absolute atomic E-state index is 0.0226. The first-order chi connectivity index (χ1) is 8.92. The van der Waals surface area contributed by atoms with Crippen molar-refractivity contribution in [2.75, 3.05) is 11.9 Å². The minimum Gasteiger partial charge on any atom is -0.396 e. The molecule has 0 saturated heterocycles. The number of aromatic nitrogens is 2. The molecule has 0 fully saturated rings. The van der Waals surface area contributed by atoms with Gasteiger partial charge in [0.05, 0.1) is 11.9 Å². The van der Waals surface area contributed by atoms with Crippen molar-refractivity contribution in [1.82, 2.24) is 15.1 Å². The molecule has 2 amide bonds. The van der Waals surface area contributed by atoms with Crippen molar-refractivity contribution in [3.63, 3.8) is 0 Å². The Morgan fingerprint density at radius 2 is 2.11 bits per heavy atom. The van der Waals surface area contributed by atoms with Crippen LogP contribution < -0.4 is 10.6 Å². The third kappa shape index (κ3) is 5.30. The van der Waals surface area contributed by atoms with Gasteiger partial charge in [0.2, 0.25) is 0 Å². The molecule has 0 radical (unpaired) electrons. The molecule has 0 saturated carbocycles. The van der Waals surface area contributed by atoms with Gasteiger partial charge in [0.15, 0.2) is 0 Å². The van der Waals surface area contributed by atoms with Crippen molar-refractivity contribution in [3.05, 3.63) is 12.4 Å². The molecule has 1 aromatic rings. The molecule has 1 heterocycles. The molecular formula is C13H24N4O2. The number of amides is 2. The van der Waals surface area contributed by atoms with Crippen LogP contribution in [0.3, 0.4) is 0 Å². The summed E-state index contributed by atoms with van der Waals surface area (Å²) in [7, 11) is 0. The fraction of sp³-hybridized carbons (Fsp3) is 0.692. The third-order valence-corrected chi connectivity index (χ3v) is 2.94. The molecule has 2 unspecified atom stereocenters. The maximum absolute atomic E-state index is 11.7. The Labute approximate surface area is 114 Å². The number of nitrogens with one attached hydrogen (secondary N) is 2. The molecule has 6 heteroatoms. The van der Waals surface area contributed by atoms with E-state index in [0.717, 1.165) is 6.54 Å². The van der Waals surface area contributed by atoms with Gasteiger partial charge in [0, 0.05) is 25.4 Å². The van der Waals surface area contributed by atoms with E-state index in [0.29, 0.717) is 11.6 Å². The van der Waals surface area contributed by atoms with Crippen molar-refractivity contribution < 1.29 is 9.90 Å². The van der Waals surface area contributed by atoms with Gasteiger partial charge in [-0.3, -0.25) is 4.68 Å². The lowest BCUT2D eigenvalue weighted by Gasteiger charge is -2.19. The van der Waals surface area contributed by atoms with Crippen LogP contribution in [0.2, 0.25) is 0 Å². The van der Waals surface area contributed by atoms with Crippen LogP contribution >= 0.6 is 0 Å². The molecular weight excluding hydrogens is 244 g/mol. The van der Waals surface area contributed by atoms with Crippen LogP contribution in [0.1, 0.15) is 27.7 Å². The third-order valence-electron chi connectivity index (χ3n) is 2.94. The summed E-state index contributed by atoms with van der Waals surface area (Å²) in [4.78, 5) is 11.7. The van der Waals surface area contributed by atoms with Crippen LogP contribution in [0.4, 0.5) is 10.5 Å². The SMILES string of the molecule is CC(C)Cn1cc(NC(=O)NC(C)C(C)CO)cn1. The summed E-state index contributed by atoms with van der Waals surface area (Å²) in [6, 6.07) is -0.368. The summed E-state index contributed by atoms with van der Waals surface area (Å²) >= 11 is 0. The Balaban J connectivity index is 2.46. The van der Waals surface area contributed by atoms with E-state index < -0.39 is 0 Å². The van der Waals surface area contributed by atoms with Crippen LogP contribution in [0, 0.1) is 11.8 Å². The number of hydrogen-bond donors (Lipinski definition) is 3. The van der Waals surface area contributed by atoms with Gasteiger partial charge in [0.25, 0.3) is 0 Å². The van der Waals surface area contributed by atoms with Gasteiger partial charge in [-0.2, -0.15) is 5.10 Å². The largest absolute Gasteiger partial charge is 0.396 e. The van der Waals surface area contributed by atoms with E-state index in [-0.39, 0.29) is 24.6 Å². The molecule has 0 aliphatic carbocycles. The molecule has 0 aromatic carbocycles. The first-order valence-corrected chi connectivity index (χ1v) is 6.63. The molecule has 1 rings (SSSR count). The zero-order valence-corrected chi connectivity index (χ0v) is 12.1. The van der Waals surface area contributed by atoms with Gasteiger partial charge in [-0.25, -0.2) is 4.79 Å². The van der Waals surface area contributed by atoms with E-state index in [9.17, 15) is 4.79 Å². The molecule has 2 atom stereocenters. The molecule has 0 aliphatic heterocycles. The van der Waals surface area contributed by atoms with E-state index in [4.69, 9.17) is 5.11 Å². The first kappa shape index (κ1) is 15.5. The van der Waals surface area contributed by atoms with Crippen molar-refractivity contribution in [2.24, 2.45) is 11.8 Å². The summed E-state index contributed by atoms with van der Waals surface area (Å²) in [6.07, 6.45) is 3.43. The molecule has 0 spiro atoms. The summed E-state index contributed by atoms with van der Waals surface area (Å²) in [5.41, 5.74) is 0.669. The molecule has 19 heavy (non-hydrogen) atoms. The monoisotopic (exact) mass is 268 g/mol. The summed E-state index contributed by atoms with van der Waals surface area (Å²) in [5.74, 6) is 0.529. The Hall–Kier alpha value is -1.56. The second-order valence-corrected chi connectivity index (χ2v) is 5.39. The van der Waals surface area contributed by atoms with Crippen molar-refractivity contribution in [2.45, 2.75) is 40.3 Å². The highest BCUT2D eigenvalue weighted by Gasteiger charge is 2.14. The fourth-order valence-corrected chi connectivity index (χ4v) is 1.58. The Kier molecular flexibility index (Phi) is 5.82. The minimum atomic E-state index is -0.281. The summed E-state index contributed by atoms with van der Waals surface area (Å²) in [5, 5.41) is 18.7. The zero-order valence-electron chi connectivity index (χ0n) is 12.1. The number of rotatable bonds is 6. The number of hydrogen-bond acceptors (Lipinski definition) is 3. The molecule has 6 nitrogen and oxygen atoms in total. The highest BCUT2D eigenvalue weighted by Crippen LogP contribution is 2.07. The molecule has 3 N–H and O–H groups in total. The highest BCUT2D eigenvalue weighted by molar-refractivity contribution is 5.89.